The standard InChI is InChI=1S/C12H13ClFN3O2S/c1-17-8-15-12(11(17)13)20(18,19)16-6-5-9-3-2-4-10(14)7-9/h2-4,7-8,16H,5-6H2,1H3. The van der Waals surface area contributed by atoms with Gasteiger partial charge in [0.15, 0.2) is 0 Å². The van der Waals surface area contributed by atoms with Crippen LogP contribution in [0.2, 0.25) is 5.15 Å². The summed E-state index contributed by atoms with van der Waals surface area (Å²) in [6.45, 7) is 0.138. The van der Waals surface area contributed by atoms with Crippen LogP contribution in [-0.4, -0.2) is 24.5 Å². The van der Waals surface area contributed by atoms with Crippen LogP contribution in [0.3, 0.4) is 0 Å². The van der Waals surface area contributed by atoms with Gasteiger partial charge in [-0.05, 0) is 24.1 Å². The fourth-order valence-electron chi connectivity index (χ4n) is 1.66. The maximum Gasteiger partial charge on any atom is 0.261 e. The Balaban J connectivity index is 2.02. The van der Waals surface area contributed by atoms with Crippen LogP contribution in [0, 0.1) is 5.82 Å². The maximum absolute atomic E-state index is 13.0. The maximum atomic E-state index is 13.0. The molecule has 0 amide bonds. The number of aryl methyl sites for hydroxylation is 1. The zero-order valence-corrected chi connectivity index (χ0v) is 12.2. The van der Waals surface area contributed by atoms with Crippen molar-refractivity contribution in [2.75, 3.05) is 6.54 Å². The van der Waals surface area contributed by atoms with Crippen molar-refractivity contribution in [2.45, 2.75) is 11.4 Å². The van der Waals surface area contributed by atoms with Crippen molar-refractivity contribution in [2.24, 2.45) is 7.05 Å². The van der Waals surface area contributed by atoms with Crippen LogP contribution in [0.25, 0.3) is 0 Å². The number of imidazole rings is 1. The van der Waals surface area contributed by atoms with E-state index in [0.29, 0.717) is 12.0 Å². The quantitative estimate of drug-likeness (QED) is 0.913. The van der Waals surface area contributed by atoms with Gasteiger partial charge < -0.3 is 4.57 Å². The fourth-order valence-corrected chi connectivity index (χ4v) is 3.12. The molecule has 0 aliphatic rings. The predicted octanol–water partition coefficient (Wildman–Crippen LogP) is 1.73. The lowest BCUT2D eigenvalue weighted by atomic mass is 10.1. The molecule has 0 bridgehead atoms. The number of nitrogens with one attached hydrogen (secondary N) is 1. The molecular formula is C12H13ClFN3O2S. The van der Waals surface area contributed by atoms with E-state index in [-0.39, 0.29) is 22.5 Å². The summed E-state index contributed by atoms with van der Waals surface area (Å²) in [7, 11) is -2.16. The average Bonchev–Trinajstić information content (AvgIpc) is 2.70. The first-order valence-corrected chi connectivity index (χ1v) is 7.67. The Morgan fingerprint density at radius 1 is 1.45 bits per heavy atom. The molecule has 1 N–H and O–H groups in total. The minimum atomic E-state index is -3.76. The summed E-state index contributed by atoms with van der Waals surface area (Å²) in [6.07, 6.45) is 1.70. The van der Waals surface area contributed by atoms with Gasteiger partial charge in [0, 0.05) is 13.6 Å². The molecule has 0 aliphatic heterocycles. The number of nitrogens with zero attached hydrogens (tertiary/aromatic N) is 2. The second kappa shape index (κ2) is 5.90. The van der Waals surface area contributed by atoms with Gasteiger partial charge in [-0.3, -0.25) is 0 Å². The van der Waals surface area contributed by atoms with Gasteiger partial charge in [-0.15, -0.1) is 0 Å². The molecular weight excluding hydrogens is 305 g/mol. The van der Waals surface area contributed by atoms with Crippen molar-refractivity contribution in [3.63, 3.8) is 0 Å². The van der Waals surface area contributed by atoms with Gasteiger partial charge >= 0.3 is 0 Å². The van der Waals surface area contributed by atoms with Crippen molar-refractivity contribution in [1.82, 2.24) is 14.3 Å². The first-order chi connectivity index (χ1) is 9.40. The number of hydrogen-bond donors (Lipinski definition) is 1. The molecule has 0 saturated heterocycles. The third-order valence-corrected chi connectivity index (χ3v) is 4.63. The average molecular weight is 318 g/mol. The molecule has 2 aromatic rings. The van der Waals surface area contributed by atoms with E-state index in [1.807, 2.05) is 0 Å². The van der Waals surface area contributed by atoms with E-state index in [9.17, 15) is 12.8 Å². The molecule has 1 aromatic heterocycles. The van der Waals surface area contributed by atoms with Gasteiger partial charge in [0.2, 0.25) is 5.03 Å². The molecule has 2 rings (SSSR count). The lowest BCUT2D eigenvalue weighted by molar-refractivity contribution is 0.578. The van der Waals surface area contributed by atoms with Gasteiger partial charge in [-0.1, -0.05) is 23.7 Å². The number of hydrogen-bond acceptors (Lipinski definition) is 3. The SMILES string of the molecule is Cn1cnc(S(=O)(=O)NCCc2cccc(F)c2)c1Cl. The number of sulfonamides is 1. The monoisotopic (exact) mass is 317 g/mol. The van der Waals surface area contributed by atoms with Gasteiger partial charge in [0.05, 0.1) is 6.33 Å². The molecule has 0 unspecified atom stereocenters. The van der Waals surface area contributed by atoms with Crippen LogP contribution >= 0.6 is 11.6 Å². The zero-order valence-electron chi connectivity index (χ0n) is 10.7. The van der Waals surface area contributed by atoms with Crippen LogP contribution in [0.15, 0.2) is 35.6 Å². The molecule has 0 aliphatic carbocycles. The predicted molar refractivity (Wildman–Crippen MR) is 73.5 cm³/mol. The minimum Gasteiger partial charge on any atom is -0.324 e. The van der Waals surface area contributed by atoms with Crippen molar-refractivity contribution in [1.29, 1.82) is 0 Å². The molecule has 0 spiro atoms. The lowest BCUT2D eigenvalue weighted by Crippen LogP contribution is -2.26. The van der Waals surface area contributed by atoms with E-state index in [1.165, 1.54) is 23.0 Å². The van der Waals surface area contributed by atoms with Gasteiger partial charge in [-0.2, -0.15) is 0 Å². The highest BCUT2D eigenvalue weighted by atomic mass is 35.5. The number of halogens is 2. The molecule has 0 atom stereocenters. The molecule has 108 valence electrons. The molecule has 8 heteroatoms. The lowest BCUT2D eigenvalue weighted by Gasteiger charge is -2.05. The van der Waals surface area contributed by atoms with Crippen molar-refractivity contribution in [3.8, 4) is 0 Å². The van der Waals surface area contributed by atoms with Gasteiger partial charge in [-0.25, -0.2) is 22.5 Å². The molecule has 1 heterocycles. The minimum absolute atomic E-state index is 0.0447. The van der Waals surface area contributed by atoms with E-state index >= 15 is 0 Å². The highest BCUT2D eigenvalue weighted by molar-refractivity contribution is 7.89. The summed E-state index contributed by atoms with van der Waals surface area (Å²) in [5, 5.41) is -0.163. The fraction of sp³-hybridized carbons (Fsp3) is 0.250. The molecule has 0 radical (unpaired) electrons. The smallest absolute Gasteiger partial charge is 0.261 e. The second-order valence-electron chi connectivity index (χ2n) is 4.23. The highest BCUT2D eigenvalue weighted by Gasteiger charge is 2.21. The van der Waals surface area contributed by atoms with Crippen LogP contribution in [-0.2, 0) is 23.5 Å². The Morgan fingerprint density at radius 2 is 2.20 bits per heavy atom. The van der Waals surface area contributed by atoms with Crippen LogP contribution in [0.5, 0.6) is 0 Å². The van der Waals surface area contributed by atoms with Gasteiger partial charge in [0.1, 0.15) is 11.0 Å². The third kappa shape index (κ3) is 3.36. The van der Waals surface area contributed by atoms with E-state index < -0.39 is 10.0 Å². The Labute approximate surface area is 121 Å². The topological polar surface area (TPSA) is 64.0 Å². The van der Waals surface area contributed by atoms with E-state index in [2.05, 4.69) is 9.71 Å². The molecule has 0 saturated carbocycles. The number of aromatic nitrogens is 2. The summed E-state index contributed by atoms with van der Waals surface area (Å²) < 4.78 is 40.7. The van der Waals surface area contributed by atoms with Crippen molar-refractivity contribution in [3.05, 3.63) is 47.1 Å². The number of benzene rings is 1. The Bertz CT molecular complexity index is 715. The zero-order chi connectivity index (χ0) is 14.8. The summed E-state index contributed by atoms with van der Waals surface area (Å²) in [6, 6.07) is 6.00. The molecule has 20 heavy (non-hydrogen) atoms. The Morgan fingerprint density at radius 3 is 2.80 bits per heavy atom. The Hall–Kier alpha value is -1.44. The summed E-state index contributed by atoms with van der Waals surface area (Å²) in [5.74, 6) is -0.349. The molecule has 1 aromatic carbocycles. The van der Waals surface area contributed by atoms with E-state index in [1.54, 1.807) is 19.2 Å². The first-order valence-electron chi connectivity index (χ1n) is 5.81. The van der Waals surface area contributed by atoms with Crippen molar-refractivity contribution < 1.29 is 12.8 Å². The van der Waals surface area contributed by atoms with E-state index in [4.69, 9.17) is 11.6 Å². The Kier molecular flexibility index (Phi) is 4.42. The highest BCUT2D eigenvalue weighted by Crippen LogP contribution is 2.18. The number of rotatable bonds is 5. The summed E-state index contributed by atoms with van der Waals surface area (Å²) >= 11 is 5.84. The molecule has 0 fully saturated rings. The second-order valence-corrected chi connectivity index (χ2v) is 6.27. The van der Waals surface area contributed by atoms with Crippen LogP contribution < -0.4 is 4.72 Å². The summed E-state index contributed by atoms with van der Waals surface area (Å²) in [5.41, 5.74) is 0.708. The van der Waals surface area contributed by atoms with E-state index in [0.717, 1.165) is 0 Å². The van der Waals surface area contributed by atoms with Crippen LogP contribution in [0.4, 0.5) is 4.39 Å². The largest absolute Gasteiger partial charge is 0.324 e. The van der Waals surface area contributed by atoms with Crippen LogP contribution in [0.1, 0.15) is 5.56 Å². The normalized spacial score (nSPS) is 11.8. The van der Waals surface area contributed by atoms with Crippen molar-refractivity contribution >= 4 is 21.6 Å². The summed E-state index contributed by atoms with van der Waals surface area (Å²) in [4.78, 5) is 3.75. The third-order valence-electron chi connectivity index (χ3n) is 2.68. The first kappa shape index (κ1) is 15.0. The molecule has 5 nitrogen and oxygen atoms in total. The van der Waals surface area contributed by atoms with Gasteiger partial charge in [0.25, 0.3) is 10.0 Å².